The zero-order chi connectivity index (χ0) is 57.2. The lowest BCUT2D eigenvalue weighted by Crippen LogP contribution is -2.60. The molecule has 77 heavy (non-hydrogen) atoms. The third-order valence-electron chi connectivity index (χ3n) is 11.5. The molecule has 0 saturated carbocycles. The monoisotopic (exact) mass is 1170 g/mol. The molecule has 0 saturated heterocycles. The maximum atomic E-state index is 14.7. The number of aliphatic carboxylic acids is 1. The van der Waals surface area contributed by atoms with Gasteiger partial charge in [-0.1, -0.05) is 64.5 Å². The molecule has 0 fully saturated rings. The van der Waals surface area contributed by atoms with Crippen LogP contribution in [0.4, 0.5) is 0 Å². The number of benzene rings is 2. The summed E-state index contributed by atoms with van der Waals surface area (Å²) in [5, 5.41) is 28.6. The molecule has 1 heterocycles. The number of nitrogens with zero attached hydrogens (tertiary/aromatic N) is 3. The molecule has 0 aliphatic heterocycles. The number of aromatic nitrogens is 1. The Morgan fingerprint density at radius 1 is 0.584 bits per heavy atom. The summed E-state index contributed by atoms with van der Waals surface area (Å²) in [6.07, 6.45) is 1.84. The highest BCUT2D eigenvalue weighted by molar-refractivity contribution is 9.09. The molecular weight excluding hydrogens is 1100 g/mol. The van der Waals surface area contributed by atoms with E-state index in [2.05, 4.69) is 98.4 Å². The predicted molar refractivity (Wildman–Crippen MR) is 302 cm³/mol. The summed E-state index contributed by atoms with van der Waals surface area (Å²) in [7, 11) is 0. The molecule has 1 aromatic heterocycles. The Kier molecular flexibility index (Phi) is 27.4. The standard InChI is InChI=1S/C47H71BrN18O9S2/c1-24(60-43(73)35(22-76)65-38(68)29(49)12-7-15-56-45(50)51)37(67)61-31(14-8-16-57-46(52)53)39(69)62-32(17-25-9-3-2-4-10-25)40(70)64-34(19-27(48)21-59-47(54)55)42(72)63-33(41(71)66-36(23-77)44(74)75)18-26-20-58-30-13-6-5-11-28(26)30/h2-6,9-11,13,20,24,27,29,31-36,58,76-77H,7-8,12,14-19,21-23,49H2,1H3,(H,60,73)(H,61,67)(H,62,69)(H,63,72)(H,64,70)(H,65,68)(H,66,71)(H,74,75)(H4,50,51,56)(H4,52,53,57)(H4,54,55,59)/t24-,27?,29+,31+,32-,33+,34+,35+,36+/m1/s1. The van der Waals surface area contributed by atoms with Gasteiger partial charge in [-0.25, -0.2) is 4.79 Å². The first-order valence-corrected chi connectivity index (χ1v) is 26.4. The number of nitrogens with one attached hydrogen (secondary N) is 8. The largest absolute Gasteiger partial charge is 0.480 e. The Bertz CT molecular complexity index is 2560. The zero-order valence-corrected chi connectivity index (χ0v) is 45.7. The molecule has 30 heteroatoms. The van der Waals surface area contributed by atoms with Gasteiger partial charge in [0.25, 0.3) is 0 Å². The van der Waals surface area contributed by atoms with Gasteiger partial charge in [0.2, 0.25) is 41.4 Å². The number of hydrogen-bond donors (Lipinski definition) is 18. The Morgan fingerprint density at radius 2 is 1.06 bits per heavy atom. The maximum Gasteiger partial charge on any atom is 0.327 e. The minimum atomic E-state index is -1.47. The van der Waals surface area contributed by atoms with Crippen LogP contribution >= 0.6 is 41.2 Å². The van der Waals surface area contributed by atoms with Gasteiger partial charge in [0.15, 0.2) is 17.9 Å². The SMILES string of the molecule is C[C@@H](NC(=O)[C@H](CS)NC(=O)[C@@H](N)CCCN=C(N)N)C(=O)N[C@@H](CCCN=C(N)N)C(=O)N[C@H](Cc1ccccc1)C(=O)N[C@@H](CC(Br)CN=C(N)N)C(=O)N[C@@H](Cc1c[nH]c2ccccc12)C(=O)N[C@@H](CS)C(=O)O. The quantitative estimate of drug-likeness (QED) is 0.00914. The van der Waals surface area contributed by atoms with E-state index in [1.807, 2.05) is 6.07 Å². The smallest absolute Gasteiger partial charge is 0.327 e. The second-order valence-corrected chi connectivity index (χ2v) is 19.7. The highest BCUT2D eigenvalue weighted by Crippen LogP contribution is 2.20. The summed E-state index contributed by atoms with van der Waals surface area (Å²) in [5.41, 5.74) is 40.8. The van der Waals surface area contributed by atoms with Gasteiger partial charge in [0.1, 0.15) is 42.3 Å². The number of halogens is 1. The Labute approximate surface area is 464 Å². The van der Waals surface area contributed by atoms with E-state index in [1.54, 1.807) is 54.7 Å². The molecule has 0 spiro atoms. The van der Waals surface area contributed by atoms with Crippen molar-refractivity contribution in [2.24, 2.45) is 55.1 Å². The van der Waals surface area contributed by atoms with Crippen molar-refractivity contribution in [2.45, 2.75) is 105 Å². The van der Waals surface area contributed by atoms with Crippen LogP contribution in [-0.2, 0) is 51.2 Å². The minimum absolute atomic E-state index is 0.0389. The summed E-state index contributed by atoms with van der Waals surface area (Å²) in [6, 6.07) is 5.14. The Morgan fingerprint density at radius 3 is 1.65 bits per heavy atom. The van der Waals surface area contributed by atoms with Crippen LogP contribution < -0.4 is 77.4 Å². The fourth-order valence-electron chi connectivity index (χ4n) is 7.40. The molecule has 0 aliphatic rings. The average Bonchev–Trinajstić information content (AvgIpc) is 3.79. The Hall–Kier alpha value is -7.31. The molecule has 7 amide bonds. The molecule has 0 aliphatic carbocycles. The van der Waals surface area contributed by atoms with Gasteiger partial charge in [-0.2, -0.15) is 25.3 Å². The van der Waals surface area contributed by atoms with Crippen molar-refractivity contribution in [1.29, 1.82) is 0 Å². The van der Waals surface area contributed by atoms with E-state index < -0.39 is 100 Å². The highest BCUT2D eigenvalue weighted by Gasteiger charge is 2.35. The number of carboxylic acid groups (broad SMARTS) is 1. The number of guanidine groups is 3. The van der Waals surface area contributed by atoms with Gasteiger partial charge in [-0.15, -0.1) is 0 Å². The maximum absolute atomic E-state index is 14.7. The van der Waals surface area contributed by atoms with E-state index in [0.717, 1.165) is 10.9 Å². The second kappa shape index (κ2) is 33.0. The molecular formula is C47H71BrN18O9S2. The van der Waals surface area contributed by atoms with E-state index in [-0.39, 0.29) is 87.5 Å². The molecule has 27 nitrogen and oxygen atoms in total. The first kappa shape index (κ1) is 64.0. The number of thiol groups is 2. The van der Waals surface area contributed by atoms with Gasteiger partial charge >= 0.3 is 5.97 Å². The lowest BCUT2D eigenvalue weighted by molar-refractivity contribution is -0.141. The average molecular weight is 1180 g/mol. The topological polar surface area (TPSA) is 476 Å². The van der Waals surface area contributed by atoms with Crippen molar-refractivity contribution in [3.05, 3.63) is 71.9 Å². The third-order valence-corrected chi connectivity index (χ3v) is 12.9. The van der Waals surface area contributed by atoms with Crippen LogP contribution in [-0.4, -0.2) is 160 Å². The van der Waals surface area contributed by atoms with Crippen LogP contribution in [0.15, 0.2) is 75.8 Å². The molecule has 1 unspecified atom stereocenters. The van der Waals surface area contributed by atoms with E-state index in [0.29, 0.717) is 17.5 Å². The summed E-state index contributed by atoms with van der Waals surface area (Å²) in [5.74, 6) is -8.14. The van der Waals surface area contributed by atoms with Crippen LogP contribution in [0.5, 0.6) is 0 Å². The third kappa shape index (κ3) is 22.8. The number of rotatable bonds is 33. The first-order chi connectivity index (χ1) is 36.5. The van der Waals surface area contributed by atoms with Crippen molar-refractivity contribution < 1.29 is 43.5 Å². The number of amides is 7. The van der Waals surface area contributed by atoms with E-state index in [9.17, 15) is 43.5 Å². The Balaban J connectivity index is 1.95. The lowest BCUT2D eigenvalue weighted by Gasteiger charge is -2.28. The number of carboxylic acids is 1. The number of nitrogens with two attached hydrogens (primary N) is 7. The highest BCUT2D eigenvalue weighted by atomic mass is 79.9. The first-order valence-electron chi connectivity index (χ1n) is 24.2. The van der Waals surface area contributed by atoms with Crippen molar-refractivity contribution in [1.82, 2.24) is 42.2 Å². The van der Waals surface area contributed by atoms with Crippen molar-refractivity contribution in [3.8, 4) is 0 Å². The number of carbonyl (C=O) groups is 8. The van der Waals surface area contributed by atoms with Crippen LogP contribution in [0.1, 0.15) is 50.2 Å². The molecule has 3 rings (SSSR count). The number of alkyl halides is 1. The van der Waals surface area contributed by atoms with Crippen LogP contribution in [0, 0.1) is 0 Å². The van der Waals surface area contributed by atoms with Gasteiger partial charge < -0.3 is 87.4 Å². The number of aromatic amines is 1. The minimum Gasteiger partial charge on any atom is -0.480 e. The molecule has 422 valence electrons. The van der Waals surface area contributed by atoms with Crippen LogP contribution in [0.3, 0.4) is 0 Å². The number of hydrogen-bond acceptors (Lipinski definition) is 14. The predicted octanol–water partition coefficient (Wildman–Crippen LogP) is -3.83. The summed E-state index contributed by atoms with van der Waals surface area (Å²) < 4.78 is 0. The molecule has 9 atom stereocenters. The van der Waals surface area contributed by atoms with Gasteiger partial charge in [0.05, 0.1) is 12.6 Å². The van der Waals surface area contributed by atoms with E-state index >= 15 is 0 Å². The molecule has 0 bridgehead atoms. The fourth-order valence-corrected chi connectivity index (χ4v) is 8.42. The summed E-state index contributed by atoms with van der Waals surface area (Å²) >= 11 is 11.7. The molecule has 3 aromatic rings. The summed E-state index contributed by atoms with van der Waals surface area (Å²) in [4.78, 5) is 124. The van der Waals surface area contributed by atoms with E-state index in [1.165, 1.54) is 6.92 Å². The van der Waals surface area contributed by atoms with Crippen molar-refractivity contribution in [2.75, 3.05) is 31.1 Å². The zero-order valence-electron chi connectivity index (χ0n) is 42.3. The number of fused-ring (bicyclic) bond motifs is 1. The second-order valence-electron chi connectivity index (χ2n) is 17.7. The van der Waals surface area contributed by atoms with Gasteiger partial charge in [0, 0.05) is 59.4 Å². The van der Waals surface area contributed by atoms with Crippen molar-refractivity contribution >= 4 is 117 Å². The van der Waals surface area contributed by atoms with E-state index in [4.69, 9.17) is 40.1 Å². The van der Waals surface area contributed by atoms with Crippen LogP contribution in [0.25, 0.3) is 10.9 Å². The summed E-state index contributed by atoms with van der Waals surface area (Å²) in [6.45, 7) is 1.55. The number of carbonyl (C=O) groups excluding carboxylic acids is 7. The normalized spacial score (nSPS) is 14.5. The molecule has 0 radical (unpaired) electrons. The van der Waals surface area contributed by atoms with Gasteiger partial charge in [-0.3, -0.25) is 48.5 Å². The lowest BCUT2D eigenvalue weighted by atomic mass is 10.0. The van der Waals surface area contributed by atoms with Crippen molar-refractivity contribution in [3.63, 3.8) is 0 Å². The number of para-hydroxylation sites is 1. The molecule has 23 N–H and O–H groups in total. The number of aliphatic imine (C=N–C) groups is 3. The number of H-pyrrole nitrogens is 1. The van der Waals surface area contributed by atoms with Gasteiger partial charge in [-0.05, 0) is 56.2 Å². The fraction of sp³-hybridized carbons (Fsp3) is 0.468. The van der Waals surface area contributed by atoms with Crippen LogP contribution in [0.2, 0.25) is 0 Å². The molecule has 2 aromatic carbocycles.